The highest BCUT2D eigenvalue weighted by molar-refractivity contribution is 7.94. The van der Waals surface area contributed by atoms with Crippen LogP contribution in [0.3, 0.4) is 0 Å². The molecule has 0 aliphatic rings. The van der Waals surface area contributed by atoms with Gasteiger partial charge >= 0.3 is 0 Å². The molecular weight excluding hydrogens is 456 g/mol. The van der Waals surface area contributed by atoms with E-state index >= 15 is 0 Å². The van der Waals surface area contributed by atoms with Crippen molar-refractivity contribution in [3.05, 3.63) is 82.9 Å². The molecule has 0 spiro atoms. The van der Waals surface area contributed by atoms with Crippen molar-refractivity contribution in [3.63, 3.8) is 0 Å². The summed E-state index contributed by atoms with van der Waals surface area (Å²) in [7, 11) is -9.27. The van der Waals surface area contributed by atoms with Crippen LogP contribution in [0, 0.1) is 11.6 Å². The SMILES string of the molecule is C[C@H](N)c1ccc(S(=O)(=O)c2ccc(Cl)cc2S(=O)(=O)c2c(F)cccc2F)cc1. The van der Waals surface area contributed by atoms with Gasteiger partial charge in [-0.3, -0.25) is 0 Å². The average Bonchev–Trinajstić information content (AvgIpc) is 2.67. The van der Waals surface area contributed by atoms with Crippen LogP contribution < -0.4 is 5.73 Å². The fourth-order valence-corrected chi connectivity index (χ4v) is 6.54. The Labute approximate surface area is 178 Å². The van der Waals surface area contributed by atoms with E-state index in [2.05, 4.69) is 0 Å². The number of nitrogens with two attached hydrogens (primary N) is 1. The quantitative estimate of drug-likeness (QED) is 0.598. The lowest BCUT2D eigenvalue weighted by molar-refractivity contribution is 0.518. The number of rotatable bonds is 5. The predicted molar refractivity (Wildman–Crippen MR) is 108 cm³/mol. The lowest BCUT2D eigenvalue weighted by Crippen LogP contribution is -2.13. The number of hydrogen-bond donors (Lipinski definition) is 1. The van der Waals surface area contributed by atoms with Gasteiger partial charge in [0.15, 0.2) is 0 Å². The van der Waals surface area contributed by atoms with Gasteiger partial charge in [-0.15, -0.1) is 0 Å². The first-order valence-electron chi connectivity index (χ1n) is 8.55. The number of halogens is 3. The monoisotopic (exact) mass is 471 g/mol. The minimum absolute atomic E-state index is 0.114. The van der Waals surface area contributed by atoms with Gasteiger partial charge < -0.3 is 5.73 Å². The minimum atomic E-state index is -4.90. The average molecular weight is 472 g/mol. The summed E-state index contributed by atoms with van der Waals surface area (Å²) in [5.74, 6) is -2.70. The molecule has 1 atom stereocenters. The van der Waals surface area contributed by atoms with E-state index in [0.29, 0.717) is 5.56 Å². The van der Waals surface area contributed by atoms with Crippen LogP contribution in [0.4, 0.5) is 8.78 Å². The molecule has 0 aliphatic carbocycles. The highest BCUT2D eigenvalue weighted by Gasteiger charge is 2.33. The summed E-state index contributed by atoms with van der Waals surface area (Å²) in [4.78, 5) is -2.94. The highest BCUT2D eigenvalue weighted by Crippen LogP contribution is 2.35. The van der Waals surface area contributed by atoms with Gasteiger partial charge in [-0.1, -0.05) is 29.8 Å². The van der Waals surface area contributed by atoms with Crippen molar-refractivity contribution in [2.24, 2.45) is 5.73 Å². The minimum Gasteiger partial charge on any atom is -0.324 e. The van der Waals surface area contributed by atoms with Crippen molar-refractivity contribution in [1.82, 2.24) is 0 Å². The van der Waals surface area contributed by atoms with E-state index in [9.17, 15) is 25.6 Å². The smallest absolute Gasteiger partial charge is 0.213 e. The molecule has 3 rings (SSSR count). The topological polar surface area (TPSA) is 94.3 Å². The molecule has 0 saturated heterocycles. The van der Waals surface area contributed by atoms with E-state index in [4.69, 9.17) is 17.3 Å². The van der Waals surface area contributed by atoms with E-state index in [1.54, 1.807) is 6.92 Å². The van der Waals surface area contributed by atoms with Gasteiger partial charge in [0.1, 0.15) is 16.5 Å². The fraction of sp³-hybridized carbons (Fsp3) is 0.100. The van der Waals surface area contributed by atoms with E-state index in [1.165, 1.54) is 30.3 Å². The second-order valence-corrected chi connectivity index (χ2v) is 10.7. The Bertz CT molecular complexity index is 1300. The van der Waals surface area contributed by atoms with Crippen LogP contribution in [0.1, 0.15) is 18.5 Å². The van der Waals surface area contributed by atoms with Gasteiger partial charge in [0.05, 0.1) is 14.7 Å². The van der Waals surface area contributed by atoms with Crippen LogP contribution in [0.2, 0.25) is 5.02 Å². The molecule has 0 aliphatic heterocycles. The van der Waals surface area contributed by atoms with Gasteiger partial charge in [0, 0.05) is 11.1 Å². The number of hydrogen-bond acceptors (Lipinski definition) is 5. The molecule has 2 N–H and O–H groups in total. The van der Waals surface area contributed by atoms with E-state index in [1.807, 2.05) is 0 Å². The Morgan fingerprint density at radius 3 is 1.93 bits per heavy atom. The van der Waals surface area contributed by atoms with Crippen LogP contribution in [0.25, 0.3) is 0 Å². The maximum Gasteiger partial charge on any atom is 0.213 e. The second-order valence-electron chi connectivity index (χ2n) is 6.51. The van der Waals surface area contributed by atoms with Crippen LogP contribution in [-0.2, 0) is 19.7 Å². The van der Waals surface area contributed by atoms with Crippen molar-refractivity contribution in [2.75, 3.05) is 0 Å². The van der Waals surface area contributed by atoms with Gasteiger partial charge in [0.25, 0.3) is 0 Å². The summed E-state index contributed by atoms with van der Waals surface area (Å²) < 4.78 is 80.8. The van der Waals surface area contributed by atoms with Crippen LogP contribution in [0.15, 0.2) is 80.2 Å². The molecular formula is C20H16ClF2NO4S2. The van der Waals surface area contributed by atoms with Gasteiger partial charge in [0.2, 0.25) is 19.7 Å². The number of sulfone groups is 2. The molecule has 0 aromatic heterocycles. The maximum atomic E-state index is 14.2. The van der Waals surface area contributed by atoms with E-state index in [0.717, 1.165) is 30.3 Å². The molecule has 158 valence electrons. The molecule has 0 fully saturated rings. The summed E-state index contributed by atoms with van der Waals surface area (Å²) >= 11 is 5.88. The molecule has 5 nitrogen and oxygen atoms in total. The van der Waals surface area contributed by atoms with Crippen molar-refractivity contribution < 1.29 is 25.6 Å². The predicted octanol–water partition coefficient (Wildman–Crippen LogP) is 4.30. The zero-order valence-corrected chi connectivity index (χ0v) is 17.9. The molecule has 3 aromatic carbocycles. The molecule has 30 heavy (non-hydrogen) atoms. The number of benzene rings is 3. The summed E-state index contributed by atoms with van der Waals surface area (Å²) in [6.45, 7) is 1.72. The Balaban J connectivity index is 2.26. The Hall–Kier alpha value is -2.33. The molecule has 0 radical (unpaired) electrons. The first-order chi connectivity index (χ1) is 14.0. The normalized spacial score (nSPS) is 13.2. The molecule has 0 amide bonds. The zero-order valence-electron chi connectivity index (χ0n) is 15.5. The van der Waals surface area contributed by atoms with Crippen molar-refractivity contribution in [1.29, 1.82) is 0 Å². The van der Waals surface area contributed by atoms with Crippen molar-refractivity contribution in [2.45, 2.75) is 32.5 Å². The Morgan fingerprint density at radius 2 is 1.40 bits per heavy atom. The van der Waals surface area contributed by atoms with Gasteiger partial charge in [-0.25, -0.2) is 25.6 Å². The lowest BCUT2D eigenvalue weighted by atomic mass is 10.1. The van der Waals surface area contributed by atoms with Crippen LogP contribution in [0.5, 0.6) is 0 Å². The van der Waals surface area contributed by atoms with E-state index in [-0.39, 0.29) is 16.0 Å². The van der Waals surface area contributed by atoms with Gasteiger partial charge in [-0.2, -0.15) is 0 Å². The second kappa shape index (κ2) is 8.07. The first kappa shape index (κ1) is 22.4. The summed E-state index contributed by atoms with van der Waals surface area (Å²) in [5, 5.41) is -0.114. The molecule has 10 heteroatoms. The highest BCUT2D eigenvalue weighted by atomic mass is 35.5. The maximum absolute atomic E-state index is 14.2. The first-order valence-corrected chi connectivity index (χ1v) is 11.9. The zero-order chi connectivity index (χ0) is 22.3. The van der Waals surface area contributed by atoms with Crippen LogP contribution in [-0.4, -0.2) is 16.8 Å². The molecule has 0 heterocycles. The molecule has 0 bridgehead atoms. The van der Waals surface area contributed by atoms with Crippen molar-refractivity contribution in [3.8, 4) is 0 Å². The third-order valence-corrected chi connectivity index (χ3v) is 8.42. The summed E-state index contributed by atoms with van der Waals surface area (Å²) in [5.41, 5.74) is 6.43. The lowest BCUT2D eigenvalue weighted by Gasteiger charge is -2.14. The van der Waals surface area contributed by atoms with Crippen LogP contribution >= 0.6 is 11.6 Å². The van der Waals surface area contributed by atoms with E-state index < -0.39 is 46.0 Å². The molecule has 0 saturated carbocycles. The Morgan fingerprint density at radius 1 is 0.833 bits per heavy atom. The third kappa shape index (κ3) is 3.98. The fourth-order valence-electron chi connectivity index (χ4n) is 2.84. The molecule has 3 aromatic rings. The summed E-state index contributed by atoms with van der Waals surface area (Å²) in [6, 6.07) is 10.8. The standard InChI is InChI=1S/C20H16ClF2NO4S2/c1-12(24)13-5-8-15(9-6-13)29(25,26)18-10-7-14(21)11-19(18)30(27,28)20-16(22)3-2-4-17(20)23/h2-12H,24H2,1H3/t12-/m0/s1. The van der Waals surface area contributed by atoms with Crippen molar-refractivity contribution >= 4 is 31.3 Å². The van der Waals surface area contributed by atoms with Gasteiger partial charge in [-0.05, 0) is 55.0 Å². The summed E-state index contributed by atoms with van der Waals surface area (Å²) in [6.07, 6.45) is 0. The third-order valence-electron chi connectivity index (χ3n) is 4.39. The largest absolute Gasteiger partial charge is 0.324 e. The Kier molecular flexibility index (Phi) is 6.01. The molecule has 0 unspecified atom stereocenters.